The number of nitrogens with one attached hydrogen (secondary N) is 1. The lowest BCUT2D eigenvalue weighted by molar-refractivity contribution is -0.121. The highest BCUT2D eigenvalue weighted by Gasteiger charge is 2.36. The second kappa shape index (κ2) is 7.25. The van der Waals surface area contributed by atoms with Crippen LogP contribution in [-0.2, 0) is 9.53 Å². The highest BCUT2D eigenvalue weighted by molar-refractivity contribution is 5.93. The van der Waals surface area contributed by atoms with Crippen LogP contribution >= 0.6 is 0 Å². The fourth-order valence-electron chi connectivity index (χ4n) is 3.36. The summed E-state index contributed by atoms with van der Waals surface area (Å²) in [6, 6.07) is 14.9. The summed E-state index contributed by atoms with van der Waals surface area (Å²) in [6.07, 6.45) is 4.01. The Balaban J connectivity index is 1.51. The minimum Gasteiger partial charge on any atom is -0.508 e. The van der Waals surface area contributed by atoms with Crippen LogP contribution in [0.4, 0.5) is 5.69 Å². The fourth-order valence-corrected chi connectivity index (χ4v) is 3.36. The van der Waals surface area contributed by atoms with Gasteiger partial charge >= 0.3 is 0 Å². The minimum absolute atomic E-state index is 0.0879. The van der Waals surface area contributed by atoms with Crippen molar-refractivity contribution in [1.82, 2.24) is 9.78 Å². The summed E-state index contributed by atoms with van der Waals surface area (Å²) in [7, 11) is 0. The van der Waals surface area contributed by atoms with E-state index in [9.17, 15) is 9.90 Å². The Hall–Kier alpha value is -3.12. The third-order valence-electron chi connectivity index (χ3n) is 4.84. The molecule has 138 valence electrons. The van der Waals surface area contributed by atoms with Gasteiger partial charge in [0.05, 0.1) is 23.9 Å². The van der Waals surface area contributed by atoms with Crippen LogP contribution in [0.3, 0.4) is 0 Å². The largest absolute Gasteiger partial charge is 0.508 e. The molecule has 0 bridgehead atoms. The molecule has 0 aliphatic carbocycles. The van der Waals surface area contributed by atoms with Crippen LogP contribution in [-0.4, -0.2) is 27.4 Å². The first-order valence-electron chi connectivity index (χ1n) is 8.94. The van der Waals surface area contributed by atoms with Gasteiger partial charge in [0.1, 0.15) is 5.75 Å². The normalized spacial score (nSPS) is 19.1. The number of carbonyl (C=O) groups excluding carboxylic acids is 1. The molecule has 0 unspecified atom stereocenters. The molecular formula is C21H21N3O3. The number of para-hydroxylation sites is 1. The molecule has 1 amide bonds. The first-order chi connectivity index (χ1) is 13.1. The number of ether oxygens (including phenoxy) is 1. The molecule has 1 fully saturated rings. The maximum Gasteiger partial charge on any atom is 0.230 e. The van der Waals surface area contributed by atoms with Crippen molar-refractivity contribution in [2.75, 3.05) is 11.9 Å². The highest BCUT2D eigenvalue weighted by Crippen LogP contribution is 2.35. The zero-order chi connectivity index (χ0) is 18.8. The molecule has 4 rings (SSSR count). The molecule has 1 aliphatic rings. The zero-order valence-electron chi connectivity index (χ0n) is 15.0. The molecule has 0 radical (unpaired) electrons. The van der Waals surface area contributed by atoms with Crippen LogP contribution in [0.1, 0.15) is 23.7 Å². The lowest BCUT2D eigenvalue weighted by atomic mass is 9.96. The van der Waals surface area contributed by atoms with E-state index in [0.717, 1.165) is 16.8 Å². The monoisotopic (exact) mass is 363 g/mol. The number of hydrogen-bond donors (Lipinski definition) is 2. The number of phenolic OH excluding ortho intramolecular Hbond substituents is 1. The average Bonchev–Trinajstić information content (AvgIpc) is 3.34. The molecule has 3 aromatic rings. The Labute approximate surface area is 157 Å². The fraction of sp³-hybridized carbons (Fsp3) is 0.238. The van der Waals surface area contributed by atoms with Gasteiger partial charge in [0.25, 0.3) is 0 Å². The number of amides is 1. The van der Waals surface area contributed by atoms with Gasteiger partial charge in [-0.2, -0.15) is 5.10 Å². The van der Waals surface area contributed by atoms with E-state index in [2.05, 4.69) is 10.4 Å². The van der Waals surface area contributed by atoms with Crippen LogP contribution in [0.5, 0.6) is 5.75 Å². The van der Waals surface area contributed by atoms with Crippen molar-refractivity contribution in [2.24, 2.45) is 5.92 Å². The Kier molecular flexibility index (Phi) is 4.64. The van der Waals surface area contributed by atoms with E-state index in [0.29, 0.717) is 18.7 Å². The van der Waals surface area contributed by atoms with E-state index < -0.39 is 0 Å². The molecular weight excluding hydrogens is 342 g/mol. The number of hydrogen-bond acceptors (Lipinski definition) is 4. The van der Waals surface area contributed by atoms with Crippen molar-refractivity contribution in [1.29, 1.82) is 0 Å². The molecule has 6 heteroatoms. The maximum absolute atomic E-state index is 12.8. The predicted octanol–water partition coefficient (Wildman–Crippen LogP) is 3.60. The van der Waals surface area contributed by atoms with E-state index in [1.165, 1.54) is 0 Å². The number of aryl methyl sites for hydroxylation is 1. The molecule has 6 nitrogen and oxygen atoms in total. The van der Waals surface area contributed by atoms with Crippen molar-refractivity contribution >= 4 is 11.6 Å². The Morgan fingerprint density at radius 1 is 1.26 bits per heavy atom. The molecule has 2 N–H and O–H groups in total. The predicted molar refractivity (Wildman–Crippen MR) is 102 cm³/mol. The quantitative estimate of drug-likeness (QED) is 0.695. The van der Waals surface area contributed by atoms with Gasteiger partial charge in [-0.1, -0.05) is 18.2 Å². The van der Waals surface area contributed by atoms with Crippen molar-refractivity contribution in [3.63, 3.8) is 0 Å². The van der Waals surface area contributed by atoms with Gasteiger partial charge in [-0.05, 0) is 49.2 Å². The first kappa shape index (κ1) is 17.3. The van der Waals surface area contributed by atoms with Gasteiger partial charge in [-0.3, -0.25) is 4.79 Å². The summed E-state index contributed by atoms with van der Waals surface area (Å²) in [5.74, 6) is -0.161. The van der Waals surface area contributed by atoms with E-state index in [1.54, 1.807) is 36.0 Å². The number of aromatic hydroxyl groups is 1. The van der Waals surface area contributed by atoms with Gasteiger partial charge in [0, 0.05) is 24.1 Å². The molecule has 1 saturated heterocycles. The van der Waals surface area contributed by atoms with Crippen LogP contribution in [0.2, 0.25) is 0 Å². The van der Waals surface area contributed by atoms with Crippen molar-refractivity contribution in [3.8, 4) is 11.4 Å². The van der Waals surface area contributed by atoms with Gasteiger partial charge < -0.3 is 15.2 Å². The summed E-state index contributed by atoms with van der Waals surface area (Å²) < 4.78 is 7.64. The Bertz CT molecular complexity index is 952. The number of nitrogens with zero attached hydrogens (tertiary/aromatic N) is 2. The third-order valence-corrected chi connectivity index (χ3v) is 4.84. The van der Waals surface area contributed by atoms with Crippen molar-refractivity contribution in [3.05, 3.63) is 72.1 Å². The molecule has 1 aromatic heterocycles. The summed E-state index contributed by atoms with van der Waals surface area (Å²) >= 11 is 0. The molecule has 0 saturated carbocycles. The molecule has 2 aromatic carbocycles. The lowest BCUT2D eigenvalue weighted by Crippen LogP contribution is -2.25. The summed E-state index contributed by atoms with van der Waals surface area (Å²) in [5, 5.41) is 17.0. The van der Waals surface area contributed by atoms with Gasteiger partial charge in [0.15, 0.2) is 0 Å². The van der Waals surface area contributed by atoms with Gasteiger partial charge in [-0.15, -0.1) is 0 Å². The van der Waals surface area contributed by atoms with Gasteiger partial charge in [-0.25, -0.2) is 4.68 Å². The van der Waals surface area contributed by atoms with Crippen LogP contribution in [0.15, 0.2) is 60.9 Å². The first-order valence-corrected chi connectivity index (χ1v) is 8.94. The van der Waals surface area contributed by atoms with Crippen LogP contribution < -0.4 is 5.32 Å². The van der Waals surface area contributed by atoms with E-state index in [1.807, 2.05) is 36.5 Å². The van der Waals surface area contributed by atoms with E-state index in [-0.39, 0.29) is 23.7 Å². The number of phenols is 1. The Morgan fingerprint density at radius 3 is 2.85 bits per heavy atom. The second-order valence-electron chi connectivity index (χ2n) is 6.73. The third kappa shape index (κ3) is 3.57. The standard InChI is InChI=1S/C21H21N3O3/c1-14-11-16(7-8-19(14)25)23-21(26)18-9-10-27-20(18)15-12-22-24(13-15)17-5-3-2-4-6-17/h2-8,11-13,18,20,25H,9-10H2,1H3,(H,23,26)/t18-,20+/m0/s1. The van der Waals surface area contributed by atoms with E-state index >= 15 is 0 Å². The number of anilines is 1. The average molecular weight is 363 g/mol. The lowest BCUT2D eigenvalue weighted by Gasteiger charge is -2.17. The Morgan fingerprint density at radius 2 is 2.07 bits per heavy atom. The molecule has 1 aliphatic heterocycles. The topological polar surface area (TPSA) is 76.4 Å². The number of benzene rings is 2. The van der Waals surface area contributed by atoms with E-state index in [4.69, 9.17) is 4.74 Å². The maximum atomic E-state index is 12.8. The smallest absolute Gasteiger partial charge is 0.230 e. The summed E-state index contributed by atoms with van der Waals surface area (Å²) in [6.45, 7) is 2.33. The van der Waals surface area contributed by atoms with Crippen molar-refractivity contribution < 1.29 is 14.6 Å². The SMILES string of the molecule is Cc1cc(NC(=O)[C@H]2CCO[C@@H]2c2cnn(-c3ccccc3)c2)ccc1O. The van der Waals surface area contributed by atoms with Crippen molar-refractivity contribution in [2.45, 2.75) is 19.4 Å². The summed E-state index contributed by atoms with van der Waals surface area (Å²) in [4.78, 5) is 12.8. The zero-order valence-corrected chi connectivity index (χ0v) is 15.0. The van der Waals surface area contributed by atoms with Gasteiger partial charge in [0.2, 0.25) is 5.91 Å². The summed E-state index contributed by atoms with van der Waals surface area (Å²) in [5.41, 5.74) is 3.23. The molecule has 0 spiro atoms. The van der Waals surface area contributed by atoms with Crippen LogP contribution in [0, 0.1) is 12.8 Å². The number of aromatic nitrogens is 2. The second-order valence-corrected chi connectivity index (χ2v) is 6.73. The molecule has 27 heavy (non-hydrogen) atoms. The molecule has 2 atom stereocenters. The highest BCUT2D eigenvalue weighted by atomic mass is 16.5. The molecule has 2 heterocycles. The van der Waals surface area contributed by atoms with Crippen LogP contribution in [0.25, 0.3) is 5.69 Å². The number of rotatable bonds is 4. The minimum atomic E-state index is -0.319. The number of carbonyl (C=O) groups is 1.